The van der Waals surface area contributed by atoms with E-state index in [0.717, 1.165) is 0 Å². The highest BCUT2D eigenvalue weighted by Crippen LogP contribution is 2.33. The minimum atomic E-state index is -0.353. The number of anilines is 1. The molecule has 3 rings (SSSR count). The second-order valence-electron chi connectivity index (χ2n) is 8.06. The van der Waals surface area contributed by atoms with Crippen LogP contribution in [-0.2, 0) is 11.8 Å². The summed E-state index contributed by atoms with van der Waals surface area (Å²) in [6, 6.07) is 4.86. The fourth-order valence-electron chi connectivity index (χ4n) is 2.80. The Hall–Kier alpha value is -3.23. The van der Waals surface area contributed by atoms with Gasteiger partial charge in [0.15, 0.2) is 0 Å². The number of carbonyl (C=O) groups excluding carboxylic acids is 1. The fourth-order valence-corrected chi connectivity index (χ4v) is 3.02. The highest BCUT2D eigenvalue weighted by molar-refractivity contribution is 6.23. The van der Waals surface area contributed by atoms with Gasteiger partial charge in [0, 0.05) is 35.5 Å². The van der Waals surface area contributed by atoms with Crippen molar-refractivity contribution in [1.82, 2.24) is 9.78 Å². The zero-order valence-electron chi connectivity index (χ0n) is 19.4. The van der Waals surface area contributed by atoms with Crippen LogP contribution in [0.1, 0.15) is 40.2 Å². The lowest BCUT2D eigenvalue weighted by Gasteiger charge is -2.10. The molecule has 5 nitrogen and oxygen atoms in total. The molecule has 6 heteroatoms. The summed E-state index contributed by atoms with van der Waals surface area (Å²) in [6.45, 7) is 10.1. The normalized spacial score (nSPS) is 15.0. The molecule has 1 atom stereocenters. The minimum absolute atomic E-state index is 0.0594. The van der Waals surface area contributed by atoms with Crippen molar-refractivity contribution in [2.45, 2.75) is 40.0 Å². The minimum Gasteiger partial charge on any atom is -0.507 e. The smallest absolute Gasteiger partial charge is 0.255 e. The number of alkyl halides is 1. The number of aromatic nitrogens is 2. The first kappa shape index (κ1) is 25.0. The van der Waals surface area contributed by atoms with Gasteiger partial charge in [0.1, 0.15) is 11.4 Å². The number of aryl methyl sites for hydroxylation is 1. The SMILES string of the molecule is CC.Cn1cc(C#CC(C)(C)C)c(-c2cc(NC(=O)C3=CC(Cl)C=CC=C3)ccc2O)n1. The maximum atomic E-state index is 12.7. The Kier molecular flexibility index (Phi) is 8.51. The third-order valence-corrected chi connectivity index (χ3v) is 4.46. The van der Waals surface area contributed by atoms with Crippen molar-refractivity contribution in [3.05, 3.63) is 65.9 Å². The van der Waals surface area contributed by atoms with Gasteiger partial charge in [0.2, 0.25) is 0 Å². The van der Waals surface area contributed by atoms with Crippen LogP contribution >= 0.6 is 11.6 Å². The summed E-state index contributed by atoms with van der Waals surface area (Å²) in [5, 5.41) is 17.4. The topological polar surface area (TPSA) is 67.2 Å². The summed E-state index contributed by atoms with van der Waals surface area (Å²) in [7, 11) is 1.80. The quantitative estimate of drug-likeness (QED) is 0.351. The van der Waals surface area contributed by atoms with Crippen LogP contribution in [0.25, 0.3) is 11.3 Å². The molecule has 0 fully saturated rings. The van der Waals surface area contributed by atoms with Gasteiger partial charge in [-0.05, 0) is 45.0 Å². The van der Waals surface area contributed by atoms with Crippen molar-refractivity contribution < 1.29 is 9.90 Å². The molecule has 168 valence electrons. The van der Waals surface area contributed by atoms with E-state index in [1.807, 2.05) is 40.8 Å². The van der Waals surface area contributed by atoms with Crippen molar-refractivity contribution in [2.75, 3.05) is 5.32 Å². The molecule has 0 aliphatic heterocycles. The monoisotopic (exact) mass is 451 g/mol. The van der Waals surface area contributed by atoms with Crippen molar-refractivity contribution >= 4 is 23.2 Å². The lowest BCUT2D eigenvalue weighted by Crippen LogP contribution is -2.14. The van der Waals surface area contributed by atoms with Crippen LogP contribution in [0.5, 0.6) is 5.75 Å². The van der Waals surface area contributed by atoms with Crippen molar-refractivity contribution in [1.29, 1.82) is 0 Å². The second-order valence-corrected chi connectivity index (χ2v) is 8.57. The average Bonchev–Trinajstić information content (AvgIpc) is 2.96. The van der Waals surface area contributed by atoms with Crippen LogP contribution in [0.3, 0.4) is 0 Å². The standard InChI is InChI=1S/C24H24ClN3O2.C2H6/c1-24(2,3)12-11-17-15-28(4)27-22(17)20-14-19(9-10-21(20)29)26-23(30)16-7-5-6-8-18(25)13-16;1-2/h5-10,13-15,18,29H,1-4H3,(H,26,30);1-2H3. The Morgan fingerprint density at radius 1 is 1.25 bits per heavy atom. The molecular formula is C26H30ClN3O2. The number of nitrogens with one attached hydrogen (secondary N) is 1. The summed E-state index contributed by atoms with van der Waals surface area (Å²) >= 11 is 6.13. The van der Waals surface area contributed by atoms with Gasteiger partial charge in [-0.1, -0.05) is 50.0 Å². The first-order valence-corrected chi connectivity index (χ1v) is 11.0. The van der Waals surface area contributed by atoms with E-state index < -0.39 is 0 Å². The van der Waals surface area contributed by atoms with Crippen LogP contribution in [-0.4, -0.2) is 26.2 Å². The zero-order chi connectivity index (χ0) is 23.9. The number of hydrogen-bond donors (Lipinski definition) is 2. The van der Waals surface area contributed by atoms with Crippen LogP contribution in [0.2, 0.25) is 0 Å². The molecule has 32 heavy (non-hydrogen) atoms. The number of phenols is 1. The third-order valence-electron chi connectivity index (χ3n) is 4.19. The van der Waals surface area contributed by atoms with E-state index >= 15 is 0 Å². The first-order chi connectivity index (χ1) is 15.1. The maximum absolute atomic E-state index is 12.7. The molecule has 1 unspecified atom stereocenters. The van der Waals surface area contributed by atoms with Crippen LogP contribution < -0.4 is 5.32 Å². The van der Waals surface area contributed by atoms with Crippen LogP contribution in [0.4, 0.5) is 5.69 Å². The van der Waals surface area contributed by atoms with Gasteiger partial charge in [-0.3, -0.25) is 9.48 Å². The van der Waals surface area contributed by atoms with E-state index in [1.54, 1.807) is 54.2 Å². The molecule has 0 spiro atoms. The van der Waals surface area contributed by atoms with E-state index in [0.29, 0.717) is 28.1 Å². The molecule has 0 bridgehead atoms. The third kappa shape index (κ3) is 6.90. The molecule has 1 heterocycles. The number of halogens is 1. The summed E-state index contributed by atoms with van der Waals surface area (Å²) in [6.07, 6.45) is 10.6. The Bertz CT molecular complexity index is 1120. The van der Waals surface area contributed by atoms with Gasteiger partial charge in [0.05, 0.1) is 10.9 Å². The zero-order valence-corrected chi connectivity index (χ0v) is 20.2. The molecule has 1 aliphatic rings. The number of phenolic OH excluding ortho intramolecular Hbond substituents is 1. The lowest BCUT2D eigenvalue weighted by molar-refractivity contribution is -0.112. The summed E-state index contributed by atoms with van der Waals surface area (Å²) in [5.41, 5.74) is 2.59. The lowest BCUT2D eigenvalue weighted by atomic mass is 9.97. The Morgan fingerprint density at radius 3 is 2.66 bits per heavy atom. The number of nitrogens with zero attached hydrogens (tertiary/aromatic N) is 2. The number of aromatic hydroxyl groups is 1. The first-order valence-electron chi connectivity index (χ1n) is 10.5. The summed E-state index contributed by atoms with van der Waals surface area (Å²) in [4.78, 5) is 12.7. The van der Waals surface area contributed by atoms with Gasteiger partial charge < -0.3 is 10.4 Å². The van der Waals surface area contributed by atoms with E-state index in [1.165, 1.54) is 6.07 Å². The van der Waals surface area contributed by atoms with E-state index in [-0.39, 0.29) is 22.4 Å². The Labute approximate surface area is 195 Å². The van der Waals surface area contributed by atoms with Crippen molar-refractivity contribution in [2.24, 2.45) is 12.5 Å². The number of amides is 1. The predicted molar refractivity (Wildman–Crippen MR) is 133 cm³/mol. The molecule has 2 aromatic rings. The van der Waals surface area contributed by atoms with Gasteiger partial charge in [-0.15, -0.1) is 11.6 Å². The molecule has 0 radical (unpaired) electrons. The number of benzene rings is 1. The summed E-state index contributed by atoms with van der Waals surface area (Å²) in [5.74, 6) is 6.12. The highest BCUT2D eigenvalue weighted by atomic mass is 35.5. The van der Waals surface area contributed by atoms with Gasteiger partial charge in [-0.25, -0.2) is 0 Å². The molecule has 1 aliphatic carbocycles. The highest BCUT2D eigenvalue weighted by Gasteiger charge is 2.16. The van der Waals surface area contributed by atoms with Crippen molar-refractivity contribution in [3.8, 4) is 28.8 Å². The second kappa shape index (κ2) is 10.9. The van der Waals surface area contributed by atoms with Crippen molar-refractivity contribution in [3.63, 3.8) is 0 Å². The van der Waals surface area contributed by atoms with E-state index in [2.05, 4.69) is 22.3 Å². The molecular weight excluding hydrogens is 422 g/mol. The molecule has 1 aromatic heterocycles. The molecule has 1 aromatic carbocycles. The number of allylic oxidation sites excluding steroid dienone is 4. The number of hydrogen-bond acceptors (Lipinski definition) is 3. The van der Waals surface area contributed by atoms with Gasteiger partial charge in [0.25, 0.3) is 5.91 Å². The molecule has 0 saturated heterocycles. The number of carbonyl (C=O) groups is 1. The van der Waals surface area contributed by atoms with Gasteiger partial charge >= 0.3 is 0 Å². The predicted octanol–water partition coefficient (Wildman–Crippen LogP) is 5.81. The van der Waals surface area contributed by atoms with E-state index in [4.69, 9.17) is 11.6 Å². The largest absolute Gasteiger partial charge is 0.507 e. The average molecular weight is 452 g/mol. The maximum Gasteiger partial charge on any atom is 0.255 e. The molecule has 2 N–H and O–H groups in total. The van der Waals surface area contributed by atoms with E-state index in [9.17, 15) is 9.90 Å². The van der Waals surface area contributed by atoms with Crippen LogP contribution in [0, 0.1) is 17.3 Å². The molecule has 0 saturated carbocycles. The summed E-state index contributed by atoms with van der Waals surface area (Å²) < 4.78 is 1.65. The number of rotatable bonds is 3. The Balaban J connectivity index is 0.00000176. The molecule has 1 amide bonds. The van der Waals surface area contributed by atoms with Crippen LogP contribution in [0.15, 0.2) is 60.3 Å². The fraction of sp³-hybridized carbons (Fsp3) is 0.308. The Morgan fingerprint density at radius 2 is 1.97 bits per heavy atom. The van der Waals surface area contributed by atoms with Gasteiger partial charge in [-0.2, -0.15) is 5.10 Å².